The first-order valence-electron chi connectivity index (χ1n) is 13.3. The molecule has 0 radical (unpaired) electrons. The summed E-state index contributed by atoms with van der Waals surface area (Å²) in [6.07, 6.45) is 1.11. The van der Waals surface area contributed by atoms with Gasteiger partial charge in [-0.15, -0.1) is 0 Å². The van der Waals surface area contributed by atoms with Crippen molar-refractivity contribution in [3.63, 3.8) is 0 Å². The first-order chi connectivity index (χ1) is 19.5. The minimum Gasteiger partial charge on any atom is -0.484 e. The van der Waals surface area contributed by atoms with E-state index in [2.05, 4.69) is 0 Å². The maximum absolute atomic E-state index is 13.8. The Morgan fingerprint density at radius 2 is 1.55 bits per heavy atom. The molecule has 0 aliphatic heterocycles. The Morgan fingerprint density at radius 3 is 2.25 bits per heavy atom. The zero-order valence-corrected chi connectivity index (χ0v) is 22.2. The van der Waals surface area contributed by atoms with Gasteiger partial charge in [0.25, 0.3) is 11.5 Å². The molecule has 6 nitrogen and oxygen atoms in total. The van der Waals surface area contributed by atoms with E-state index >= 15 is 0 Å². The normalized spacial score (nSPS) is 11.8. The number of carbonyl (C=O) groups is 1. The lowest BCUT2D eigenvalue weighted by Gasteiger charge is -2.32. The van der Waals surface area contributed by atoms with Crippen LogP contribution in [0.1, 0.15) is 30.8 Å². The summed E-state index contributed by atoms with van der Waals surface area (Å²) in [5.41, 5.74) is 1.83. The van der Waals surface area contributed by atoms with Gasteiger partial charge in [0.05, 0.1) is 22.6 Å². The Kier molecular flexibility index (Phi) is 8.30. The fraction of sp³-hybridized carbons (Fsp3) is 0.182. The van der Waals surface area contributed by atoms with Crippen LogP contribution in [0.3, 0.4) is 0 Å². The number of hydrogen-bond acceptors (Lipinski definition) is 4. The average molecular weight is 536 g/mol. The van der Waals surface area contributed by atoms with Crippen molar-refractivity contribution in [2.24, 2.45) is 0 Å². The van der Waals surface area contributed by atoms with E-state index in [-0.39, 0.29) is 18.1 Å². The Labute approximate surface area is 232 Å². The quantitative estimate of drug-likeness (QED) is 0.216. The Balaban J connectivity index is 1.59. The lowest BCUT2D eigenvalue weighted by molar-refractivity contribution is -0.136. The zero-order chi connectivity index (χ0) is 27.9. The van der Waals surface area contributed by atoms with Crippen LogP contribution in [0.2, 0.25) is 0 Å². The van der Waals surface area contributed by atoms with Crippen LogP contribution in [-0.4, -0.2) is 33.5 Å². The predicted octanol–water partition coefficient (Wildman–Crippen LogP) is 6.13. The molecule has 1 atom stereocenters. The molecule has 1 heterocycles. The molecule has 0 aliphatic carbocycles. The van der Waals surface area contributed by atoms with Gasteiger partial charge in [0, 0.05) is 6.54 Å². The number of fused-ring (bicyclic) bond motifs is 1. The summed E-state index contributed by atoms with van der Waals surface area (Å²) in [4.78, 5) is 34.3. The molecule has 40 heavy (non-hydrogen) atoms. The number of nitrogens with zero attached hydrogens (tertiary/aromatic N) is 3. The SMILES string of the molecule is CCC(c1nc2ccccc2c(=O)n1-c1ccc(F)cc1)N(CCc1ccccc1)C(=O)COc1ccccc1. The van der Waals surface area contributed by atoms with Crippen LogP contribution in [0.4, 0.5) is 4.39 Å². The van der Waals surface area contributed by atoms with Gasteiger partial charge in [-0.25, -0.2) is 9.37 Å². The molecule has 1 aromatic heterocycles. The van der Waals surface area contributed by atoms with E-state index in [1.165, 1.54) is 16.7 Å². The molecule has 5 aromatic rings. The van der Waals surface area contributed by atoms with Crippen molar-refractivity contribution in [3.8, 4) is 11.4 Å². The topological polar surface area (TPSA) is 64.4 Å². The van der Waals surface area contributed by atoms with Crippen LogP contribution in [0.5, 0.6) is 5.75 Å². The van der Waals surface area contributed by atoms with Crippen LogP contribution in [0.25, 0.3) is 16.6 Å². The number of aromatic nitrogens is 2. The Morgan fingerprint density at radius 1 is 0.900 bits per heavy atom. The smallest absolute Gasteiger partial charge is 0.266 e. The molecule has 0 saturated carbocycles. The van der Waals surface area contributed by atoms with E-state index in [4.69, 9.17) is 9.72 Å². The summed E-state index contributed by atoms with van der Waals surface area (Å²) in [6.45, 7) is 2.19. The third-order valence-electron chi connectivity index (χ3n) is 6.86. The first kappa shape index (κ1) is 26.8. The number of benzene rings is 4. The number of halogens is 1. The third-order valence-corrected chi connectivity index (χ3v) is 6.86. The van der Waals surface area contributed by atoms with Gasteiger partial charge in [0.2, 0.25) is 0 Å². The van der Waals surface area contributed by atoms with Gasteiger partial charge in [0.1, 0.15) is 17.4 Å². The molecule has 0 aliphatic rings. The predicted molar refractivity (Wildman–Crippen MR) is 154 cm³/mol. The van der Waals surface area contributed by atoms with Crippen LogP contribution in [0, 0.1) is 5.82 Å². The molecule has 0 fully saturated rings. The highest BCUT2D eigenvalue weighted by molar-refractivity contribution is 5.79. The Bertz CT molecular complexity index is 1640. The highest BCUT2D eigenvalue weighted by atomic mass is 19.1. The minimum atomic E-state index is -0.544. The van der Waals surface area contributed by atoms with E-state index in [1.54, 1.807) is 47.4 Å². The number of carbonyl (C=O) groups excluding carboxylic acids is 1. The molecule has 5 rings (SSSR count). The summed E-state index contributed by atoms with van der Waals surface area (Å²) >= 11 is 0. The second-order valence-corrected chi connectivity index (χ2v) is 9.45. The largest absolute Gasteiger partial charge is 0.484 e. The van der Waals surface area contributed by atoms with Crippen molar-refractivity contribution in [2.75, 3.05) is 13.2 Å². The van der Waals surface area contributed by atoms with E-state index in [1.807, 2.05) is 61.5 Å². The highest BCUT2D eigenvalue weighted by Gasteiger charge is 2.29. The van der Waals surface area contributed by atoms with Gasteiger partial charge >= 0.3 is 0 Å². The van der Waals surface area contributed by atoms with Crippen LogP contribution in [-0.2, 0) is 11.2 Å². The molecular formula is C33H30FN3O3. The molecule has 1 amide bonds. The highest BCUT2D eigenvalue weighted by Crippen LogP contribution is 2.27. The van der Waals surface area contributed by atoms with E-state index < -0.39 is 11.9 Å². The summed E-state index contributed by atoms with van der Waals surface area (Å²) in [7, 11) is 0. The molecule has 202 valence electrons. The molecule has 0 spiro atoms. The number of hydrogen-bond donors (Lipinski definition) is 0. The van der Waals surface area contributed by atoms with Crippen molar-refractivity contribution in [3.05, 3.63) is 137 Å². The number of para-hydroxylation sites is 2. The molecule has 0 saturated heterocycles. The lowest BCUT2D eigenvalue weighted by atomic mass is 10.1. The van der Waals surface area contributed by atoms with Gasteiger partial charge in [-0.1, -0.05) is 67.6 Å². The molecule has 7 heteroatoms. The number of ether oxygens (including phenoxy) is 1. The summed E-state index contributed by atoms with van der Waals surface area (Å²) in [6, 6.07) is 31.4. The van der Waals surface area contributed by atoms with Gasteiger partial charge in [-0.3, -0.25) is 14.2 Å². The van der Waals surface area contributed by atoms with Crippen LogP contribution in [0.15, 0.2) is 114 Å². The van der Waals surface area contributed by atoms with Crippen molar-refractivity contribution in [2.45, 2.75) is 25.8 Å². The summed E-state index contributed by atoms with van der Waals surface area (Å²) < 4.78 is 21.2. The van der Waals surface area contributed by atoms with Crippen molar-refractivity contribution < 1.29 is 13.9 Å². The Hall–Kier alpha value is -4.78. The van der Waals surface area contributed by atoms with Gasteiger partial charge in [-0.05, 0) is 66.9 Å². The molecule has 0 bridgehead atoms. The second kappa shape index (κ2) is 12.4. The van der Waals surface area contributed by atoms with Crippen LogP contribution >= 0.6 is 0 Å². The monoisotopic (exact) mass is 535 g/mol. The van der Waals surface area contributed by atoms with E-state index in [0.717, 1.165) is 5.56 Å². The van der Waals surface area contributed by atoms with Gasteiger partial charge < -0.3 is 9.64 Å². The van der Waals surface area contributed by atoms with Crippen molar-refractivity contribution in [1.29, 1.82) is 0 Å². The van der Waals surface area contributed by atoms with Gasteiger partial charge in [-0.2, -0.15) is 0 Å². The van der Waals surface area contributed by atoms with Crippen molar-refractivity contribution >= 4 is 16.8 Å². The zero-order valence-electron chi connectivity index (χ0n) is 22.2. The maximum Gasteiger partial charge on any atom is 0.266 e. The molecular weight excluding hydrogens is 505 g/mol. The fourth-order valence-electron chi connectivity index (χ4n) is 4.85. The van der Waals surface area contributed by atoms with Crippen LogP contribution < -0.4 is 10.3 Å². The minimum absolute atomic E-state index is 0.163. The van der Waals surface area contributed by atoms with E-state index in [9.17, 15) is 14.0 Å². The second-order valence-electron chi connectivity index (χ2n) is 9.45. The van der Waals surface area contributed by atoms with Crippen molar-refractivity contribution in [1.82, 2.24) is 14.5 Å². The first-order valence-corrected chi connectivity index (χ1v) is 13.3. The number of amides is 1. The van der Waals surface area contributed by atoms with Gasteiger partial charge in [0.15, 0.2) is 6.61 Å². The maximum atomic E-state index is 13.8. The fourth-order valence-corrected chi connectivity index (χ4v) is 4.85. The molecule has 1 unspecified atom stereocenters. The third kappa shape index (κ3) is 5.94. The summed E-state index contributed by atoms with van der Waals surface area (Å²) in [5, 5.41) is 0.444. The lowest BCUT2D eigenvalue weighted by Crippen LogP contribution is -2.42. The van der Waals surface area contributed by atoms with E-state index in [0.29, 0.717) is 47.6 Å². The number of rotatable bonds is 10. The summed E-state index contributed by atoms with van der Waals surface area (Å²) in [5.74, 6) is 0.384. The molecule has 0 N–H and O–H groups in total. The average Bonchev–Trinajstić information content (AvgIpc) is 3.00. The standard InChI is InChI=1S/C33H30FN3O3/c1-2-30(32-35-29-16-10-9-15-28(29)33(39)37(32)26-19-17-25(34)18-20-26)36(22-21-24-11-5-3-6-12-24)31(38)23-40-27-13-7-4-8-14-27/h3-20,30H,2,21-23H2,1H3. The molecule has 4 aromatic carbocycles.